The first-order valence-corrected chi connectivity index (χ1v) is 6.66. The van der Waals surface area contributed by atoms with Crippen LogP contribution in [0.3, 0.4) is 0 Å². The molecule has 0 bridgehead atoms. The second kappa shape index (κ2) is 5.65. The summed E-state index contributed by atoms with van der Waals surface area (Å²) in [6, 6.07) is 4.01. The van der Waals surface area contributed by atoms with Gasteiger partial charge in [0.15, 0.2) is 0 Å². The Hall–Kier alpha value is -1.49. The van der Waals surface area contributed by atoms with Gasteiger partial charge in [0, 0.05) is 19.1 Å². The predicted molar refractivity (Wildman–Crippen MR) is 71.8 cm³/mol. The van der Waals surface area contributed by atoms with Gasteiger partial charge in [-0.3, -0.25) is 4.90 Å². The van der Waals surface area contributed by atoms with Crippen LogP contribution in [0.1, 0.15) is 33.0 Å². The lowest BCUT2D eigenvalue weighted by Gasteiger charge is -2.22. The zero-order valence-electron chi connectivity index (χ0n) is 11.8. The average Bonchev–Trinajstić information content (AvgIpc) is 2.88. The summed E-state index contributed by atoms with van der Waals surface area (Å²) in [4.78, 5) is 13.9. The van der Waals surface area contributed by atoms with Crippen LogP contribution in [0, 0.1) is 0 Å². The molecule has 0 aromatic carbocycles. The van der Waals surface area contributed by atoms with E-state index in [0.29, 0.717) is 0 Å². The number of hydrogen-bond donors (Lipinski definition) is 1. The highest BCUT2D eigenvalue weighted by Gasteiger charge is 2.26. The van der Waals surface area contributed by atoms with Crippen LogP contribution in [0.25, 0.3) is 0 Å². The fourth-order valence-corrected chi connectivity index (χ4v) is 2.19. The van der Waals surface area contributed by atoms with Crippen molar-refractivity contribution in [1.29, 1.82) is 0 Å². The van der Waals surface area contributed by atoms with E-state index in [-0.39, 0.29) is 12.1 Å². The monoisotopic (exact) mass is 266 g/mol. The molecule has 2 rings (SSSR count). The Kier molecular flexibility index (Phi) is 4.14. The number of ether oxygens (including phenoxy) is 1. The van der Waals surface area contributed by atoms with Crippen molar-refractivity contribution in [2.24, 2.45) is 0 Å². The summed E-state index contributed by atoms with van der Waals surface area (Å²) in [6.07, 6.45) is 2.29. The average molecular weight is 266 g/mol. The SMILES string of the molecule is CC(C)(C)OC(=O)N[C@H]1CCN(Cc2ccco2)C1. The second-order valence-electron chi connectivity index (χ2n) is 5.95. The third-order valence-corrected chi connectivity index (χ3v) is 2.95. The van der Waals surface area contributed by atoms with Gasteiger partial charge in [-0.1, -0.05) is 0 Å². The van der Waals surface area contributed by atoms with Gasteiger partial charge in [-0.2, -0.15) is 0 Å². The molecule has 1 amide bonds. The Bertz CT molecular complexity index is 409. The topological polar surface area (TPSA) is 54.7 Å². The maximum atomic E-state index is 11.7. The number of alkyl carbamates (subject to hydrolysis) is 1. The molecule has 1 fully saturated rings. The molecule has 1 atom stereocenters. The molecule has 0 unspecified atom stereocenters. The molecule has 1 aromatic rings. The van der Waals surface area contributed by atoms with Crippen molar-refractivity contribution in [3.8, 4) is 0 Å². The Balaban J connectivity index is 1.74. The van der Waals surface area contributed by atoms with Crippen molar-refractivity contribution in [3.05, 3.63) is 24.2 Å². The van der Waals surface area contributed by atoms with E-state index in [1.165, 1.54) is 0 Å². The first-order valence-electron chi connectivity index (χ1n) is 6.66. The van der Waals surface area contributed by atoms with Crippen LogP contribution in [0.15, 0.2) is 22.8 Å². The number of carbonyl (C=O) groups is 1. The third kappa shape index (κ3) is 4.59. The first kappa shape index (κ1) is 13.9. The predicted octanol–water partition coefficient (Wildman–Crippen LogP) is 2.38. The molecule has 1 aromatic heterocycles. The number of nitrogens with zero attached hydrogens (tertiary/aromatic N) is 1. The second-order valence-corrected chi connectivity index (χ2v) is 5.95. The van der Waals surface area contributed by atoms with Gasteiger partial charge in [0.2, 0.25) is 0 Å². The molecule has 5 heteroatoms. The molecule has 0 radical (unpaired) electrons. The smallest absolute Gasteiger partial charge is 0.407 e. The number of rotatable bonds is 3. The molecular formula is C14H22N2O3. The van der Waals surface area contributed by atoms with Crippen LogP contribution in [-0.2, 0) is 11.3 Å². The normalized spacial score (nSPS) is 20.5. The lowest BCUT2D eigenvalue weighted by molar-refractivity contribution is 0.0505. The minimum absolute atomic E-state index is 0.157. The number of furan rings is 1. The Morgan fingerprint density at radius 2 is 2.37 bits per heavy atom. The molecule has 5 nitrogen and oxygen atoms in total. The van der Waals surface area contributed by atoms with E-state index in [2.05, 4.69) is 10.2 Å². The number of likely N-dealkylation sites (tertiary alicyclic amines) is 1. The summed E-state index contributed by atoms with van der Waals surface area (Å²) in [6.45, 7) is 8.18. The molecular weight excluding hydrogens is 244 g/mol. The van der Waals surface area contributed by atoms with Crippen molar-refractivity contribution in [2.75, 3.05) is 13.1 Å². The molecule has 1 saturated heterocycles. The van der Waals surface area contributed by atoms with E-state index >= 15 is 0 Å². The quantitative estimate of drug-likeness (QED) is 0.912. The first-order chi connectivity index (χ1) is 8.92. The molecule has 1 aliphatic rings. The van der Waals surface area contributed by atoms with Crippen molar-refractivity contribution in [2.45, 2.75) is 45.4 Å². The lowest BCUT2D eigenvalue weighted by Crippen LogP contribution is -2.40. The highest BCUT2D eigenvalue weighted by molar-refractivity contribution is 5.68. The summed E-state index contributed by atoms with van der Waals surface area (Å²) in [7, 11) is 0. The molecule has 1 N–H and O–H groups in total. The maximum Gasteiger partial charge on any atom is 0.407 e. The number of carbonyl (C=O) groups excluding carboxylic acids is 1. The van der Waals surface area contributed by atoms with E-state index in [1.807, 2.05) is 32.9 Å². The standard InChI is InChI=1S/C14H22N2O3/c1-14(2,3)19-13(17)15-11-6-7-16(9-11)10-12-5-4-8-18-12/h4-5,8,11H,6-7,9-10H2,1-3H3,(H,15,17)/t11-/m0/s1. The van der Waals surface area contributed by atoms with Crippen LogP contribution in [0.5, 0.6) is 0 Å². The number of hydrogen-bond acceptors (Lipinski definition) is 4. The number of nitrogens with one attached hydrogen (secondary N) is 1. The van der Waals surface area contributed by atoms with Crippen LogP contribution < -0.4 is 5.32 Å². The Morgan fingerprint density at radius 3 is 3.00 bits per heavy atom. The zero-order valence-corrected chi connectivity index (χ0v) is 11.8. The lowest BCUT2D eigenvalue weighted by atomic mass is 10.2. The Labute approximate surface area is 113 Å². The molecule has 1 aliphatic heterocycles. The van der Waals surface area contributed by atoms with Gasteiger partial charge < -0.3 is 14.5 Å². The molecule has 0 saturated carbocycles. The van der Waals surface area contributed by atoms with Crippen molar-refractivity contribution in [3.63, 3.8) is 0 Å². The number of amides is 1. The van der Waals surface area contributed by atoms with Crippen LogP contribution >= 0.6 is 0 Å². The van der Waals surface area contributed by atoms with Crippen molar-refractivity contribution < 1.29 is 13.9 Å². The van der Waals surface area contributed by atoms with Crippen LogP contribution in [0.2, 0.25) is 0 Å². The van der Waals surface area contributed by atoms with E-state index in [4.69, 9.17) is 9.15 Å². The van der Waals surface area contributed by atoms with E-state index in [1.54, 1.807) is 6.26 Å². The van der Waals surface area contributed by atoms with E-state index in [0.717, 1.165) is 31.8 Å². The zero-order chi connectivity index (χ0) is 13.9. The van der Waals surface area contributed by atoms with Crippen molar-refractivity contribution in [1.82, 2.24) is 10.2 Å². The van der Waals surface area contributed by atoms with Gasteiger partial charge >= 0.3 is 6.09 Å². The van der Waals surface area contributed by atoms with Crippen molar-refractivity contribution >= 4 is 6.09 Å². The molecule has 2 heterocycles. The largest absolute Gasteiger partial charge is 0.468 e. The van der Waals surface area contributed by atoms with E-state index in [9.17, 15) is 4.79 Å². The molecule has 19 heavy (non-hydrogen) atoms. The highest BCUT2D eigenvalue weighted by atomic mass is 16.6. The molecule has 106 valence electrons. The highest BCUT2D eigenvalue weighted by Crippen LogP contribution is 2.14. The third-order valence-electron chi connectivity index (χ3n) is 2.95. The van der Waals surface area contributed by atoms with Gasteiger partial charge in [-0.05, 0) is 39.3 Å². The maximum absolute atomic E-state index is 11.7. The van der Waals surface area contributed by atoms with Gasteiger partial charge in [-0.25, -0.2) is 4.79 Å². The Morgan fingerprint density at radius 1 is 1.58 bits per heavy atom. The van der Waals surface area contributed by atoms with Gasteiger partial charge in [-0.15, -0.1) is 0 Å². The van der Waals surface area contributed by atoms with Gasteiger partial charge in [0.25, 0.3) is 0 Å². The minimum Gasteiger partial charge on any atom is -0.468 e. The summed E-state index contributed by atoms with van der Waals surface area (Å²) in [5, 5.41) is 2.91. The summed E-state index contributed by atoms with van der Waals surface area (Å²) in [5.74, 6) is 0.956. The van der Waals surface area contributed by atoms with Crippen LogP contribution in [-0.4, -0.2) is 35.7 Å². The summed E-state index contributed by atoms with van der Waals surface area (Å²) in [5.41, 5.74) is -0.448. The summed E-state index contributed by atoms with van der Waals surface area (Å²) < 4.78 is 10.6. The van der Waals surface area contributed by atoms with Crippen LogP contribution in [0.4, 0.5) is 4.79 Å². The fourth-order valence-electron chi connectivity index (χ4n) is 2.19. The minimum atomic E-state index is -0.448. The summed E-state index contributed by atoms with van der Waals surface area (Å²) >= 11 is 0. The molecule has 0 spiro atoms. The fraction of sp³-hybridized carbons (Fsp3) is 0.643. The van der Waals surface area contributed by atoms with Gasteiger partial charge in [0.1, 0.15) is 11.4 Å². The molecule has 0 aliphatic carbocycles. The van der Waals surface area contributed by atoms with Gasteiger partial charge in [0.05, 0.1) is 12.8 Å². The van der Waals surface area contributed by atoms with E-state index < -0.39 is 5.60 Å².